The lowest BCUT2D eigenvalue weighted by Crippen LogP contribution is -2.04. The maximum absolute atomic E-state index is 13.0. The van der Waals surface area contributed by atoms with Gasteiger partial charge in [0.1, 0.15) is 0 Å². The van der Waals surface area contributed by atoms with Crippen molar-refractivity contribution < 1.29 is 22.7 Å². The molecule has 1 aromatic heterocycles. The molecule has 2 aromatic carbocycles. The lowest BCUT2D eigenvalue weighted by molar-refractivity contribution is -0.137. The Labute approximate surface area is 142 Å². The molecule has 0 saturated carbocycles. The molecule has 0 aliphatic rings. The Morgan fingerprint density at radius 2 is 1.68 bits per heavy atom. The van der Waals surface area contributed by atoms with Crippen LogP contribution in [0.1, 0.15) is 12.5 Å². The Kier molecular flexibility index (Phi) is 4.44. The third kappa shape index (κ3) is 3.33. The van der Waals surface area contributed by atoms with Gasteiger partial charge in [-0.3, -0.25) is 0 Å². The summed E-state index contributed by atoms with van der Waals surface area (Å²) in [6.07, 6.45) is -4.46. The molecule has 130 valence electrons. The van der Waals surface area contributed by atoms with E-state index in [4.69, 9.17) is 4.42 Å². The molecule has 0 aliphatic heterocycles. The van der Waals surface area contributed by atoms with Crippen LogP contribution >= 0.6 is 0 Å². The minimum absolute atomic E-state index is 0.193. The maximum atomic E-state index is 13.0. The molecule has 6 heteroatoms. The smallest absolute Gasteiger partial charge is 0.416 e. The molecule has 0 bridgehead atoms. The van der Waals surface area contributed by atoms with Crippen LogP contribution in [0.4, 0.5) is 19.1 Å². The van der Waals surface area contributed by atoms with Crippen LogP contribution in [0.15, 0.2) is 59.0 Å². The number of aromatic hydroxyl groups is 1. The van der Waals surface area contributed by atoms with Crippen molar-refractivity contribution in [3.05, 3.63) is 60.2 Å². The summed E-state index contributed by atoms with van der Waals surface area (Å²) in [7, 11) is 0. The van der Waals surface area contributed by atoms with Gasteiger partial charge in [-0.05, 0) is 24.6 Å². The zero-order valence-corrected chi connectivity index (χ0v) is 13.4. The largest absolute Gasteiger partial charge is 0.504 e. The quantitative estimate of drug-likeness (QED) is 0.630. The molecule has 1 heterocycles. The molecule has 0 spiro atoms. The monoisotopic (exact) mass is 347 g/mol. The predicted molar refractivity (Wildman–Crippen MR) is 90.4 cm³/mol. The van der Waals surface area contributed by atoms with Gasteiger partial charge < -0.3 is 14.8 Å². The highest BCUT2D eigenvalue weighted by Crippen LogP contribution is 2.47. The third-order valence-electron chi connectivity index (χ3n) is 3.73. The van der Waals surface area contributed by atoms with E-state index in [-0.39, 0.29) is 28.5 Å². The molecule has 3 rings (SSSR count). The van der Waals surface area contributed by atoms with E-state index in [0.717, 1.165) is 12.1 Å². The Hall–Kier alpha value is -2.89. The number of hydrogen-bond acceptors (Lipinski definition) is 3. The summed E-state index contributed by atoms with van der Waals surface area (Å²) in [6.45, 7) is 2.32. The van der Waals surface area contributed by atoms with Crippen LogP contribution in [-0.4, -0.2) is 11.7 Å². The molecule has 3 nitrogen and oxygen atoms in total. The van der Waals surface area contributed by atoms with Crippen molar-refractivity contribution in [2.24, 2.45) is 0 Å². The number of hydrogen-bond donors (Lipinski definition) is 2. The van der Waals surface area contributed by atoms with Crippen LogP contribution in [0, 0.1) is 0 Å². The normalized spacial score (nSPS) is 11.5. The fraction of sp³-hybridized carbons (Fsp3) is 0.158. The average molecular weight is 347 g/mol. The number of anilines is 1. The highest BCUT2D eigenvalue weighted by atomic mass is 19.4. The molecule has 2 N–H and O–H groups in total. The summed E-state index contributed by atoms with van der Waals surface area (Å²) >= 11 is 0. The number of halogens is 3. The van der Waals surface area contributed by atoms with Crippen LogP contribution < -0.4 is 5.32 Å². The van der Waals surface area contributed by atoms with E-state index in [1.807, 2.05) is 13.0 Å². The highest BCUT2D eigenvalue weighted by Gasteiger charge is 2.31. The first kappa shape index (κ1) is 17.0. The first-order valence-corrected chi connectivity index (χ1v) is 7.74. The molecule has 0 unspecified atom stereocenters. The summed E-state index contributed by atoms with van der Waals surface area (Å²) in [4.78, 5) is 0. The second-order valence-electron chi connectivity index (χ2n) is 5.46. The van der Waals surface area contributed by atoms with Gasteiger partial charge in [0.2, 0.25) is 5.88 Å². The van der Waals surface area contributed by atoms with E-state index in [1.165, 1.54) is 12.1 Å². The van der Waals surface area contributed by atoms with E-state index < -0.39 is 11.7 Å². The Balaban J connectivity index is 2.17. The molecule has 0 fully saturated rings. The van der Waals surface area contributed by atoms with Gasteiger partial charge in [0, 0.05) is 12.1 Å². The number of alkyl halides is 3. The molecular formula is C19H16F3NO2. The summed E-state index contributed by atoms with van der Waals surface area (Å²) in [5.41, 5.74) is 0.299. The minimum Gasteiger partial charge on any atom is -0.504 e. The summed E-state index contributed by atoms with van der Waals surface area (Å²) in [5, 5.41) is 13.6. The van der Waals surface area contributed by atoms with Crippen molar-refractivity contribution >= 4 is 5.88 Å². The molecule has 0 atom stereocenters. The molecule has 0 amide bonds. The fourth-order valence-electron chi connectivity index (χ4n) is 2.61. The van der Waals surface area contributed by atoms with Crippen LogP contribution in [0.25, 0.3) is 22.5 Å². The second-order valence-corrected chi connectivity index (χ2v) is 5.46. The van der Waals surface area contributed by atoms with Crippen molar-refractivity contribution in [1.29, 1.82) is 0 Å². The number of furan rings is 1. The topological polar surface area (TPSA) is 45.4 Å². The van der Waals surface area contributed by atoms with Crippen LogP contribution in [0.2, 0.25) is 0 Å². The number of nitrogens with one attached hydrogen (secondary N) is 1. The third-order valence-corrected chi connectivity index (χ3v) is 3.73. The van der Waals surface area contributed by atoms with Gasteiger partial charge in [0.25, 0.3) is 0 Å². The number of benzene rings is 2. The second kappa shape index (κ2) is 6.55. The molecular weight excluding hydrogens is 331 g/mol. The zero-order valence-electron chi connectivity index (χ0n) is 13.4. The molecule has 25 heavy (non-hydrogen) atoms. The average Bonchev–Trinajstić information content (AvgIpc) is 2.92. The van der Waals surface area contributed by atoms with Gasteiger partial charge in [-0.2, -0.15) is 13.2 Å². The van der Waals surface area contributed by atoms with E-state index in [0.29, 0.717) is 12.1 Å². The summed E-state index contributed by atoms with van der Waals surface area (Å²) in [5.74, 6) is 0.253. The molecule has 0 radical (unpaired) electrons. The first-order chi connectivity index (χ1) is 11.9. The van der Waals surface area contributed by atoms with Gasteiger partial charge in [0.15, 0.2) is 11.5 Å². The van der Waals surface area contributed by atoms with Gasteiger partial charge in [-0.25, -0.2) is 0 Å². The van der Waals surface area contributed by atoms with Crippen molar-refractivity contribution in [2.45, 2.75) is 13.1 Å². The zero-order chi connectivity index (χ0) is 18.0. The van der Waals surface area contributed by atoms with Gasteiger partial charge >= 0.3 is 6.18 Å². The molecule has 0 aliphatic carbocycles. The predicted octanol–water partition coefficient (Wildman–Crippen LogP) is 5.77. The Morgan fingerprint density at radius 1 is 1.00 bits per heavy atom. The fourth-order valence-corrected chi connectivity index (χ4v) is 2.61. The summed E-state index contributed by atoms with van der Waals surface area (Å²) in [6, 6.07) is 13.7. The van der Waals surface area contributed by atoms with Crippen molar-refractivity contribution in [3.8, 4) is 28.2 Å². The standard InChI is InChI=1S/C19H16F3NO2/c1-2-23-18-15(13-9-6-10-14(11-13)19(20,21)22)16(24)17(25-18)12-7-4-3-5-8-12/h3-11,23-24H,2H2,1H3. The molecule has 3 aromatic rings. The van der Waals surface area contributed by atoms with Crippen LogP contribution in [0.5, 0.6) is 5.75 Å². The SMILES string of the molecule is CCNc1oc(-c2ccccc2)c(O)c1-c1cccc(C(F)(F)F)c1. The van der Waals surface area contributed by atoms with E-state index >= 15 is 0 Å². The van der Waals surface area contributed by atoms with Crippen molar-refractivity contribution in [1.82, 2.24) is 0 Å². The maximum Gasteiger partial charge on any atom is 0.416 e. The van der Waals surface area contributed by atoms with E-state index in [9.17, 15) is 18.3 Å². The van der Waals surface area contributed by atoms with Gasteiger partial charge in [-0.1, -0.05) is 42.5 Å². The number of rotatable bonds is 4. The van der Waals surface area contributed by atoms with Crippen LogP contribution in [-0.2, 0) is 6.18 Å². The van der Waals surface area contributed by atoms with E-state index in [1.54, 1.807) is 24.3 Å². The summed E-state index contributed by atoms with van der Waals surface area (Å²) < 4.78 is 44.7. The van der Waals surface area contributed by atoms with Crippen molar-refractivity contribution in [3.63, 3.8) is 0 Å². The highest BCUT2D eigenvalue weighted by molar-refractivity contribution is 5.87. The van der Waals surface area contributed by atoms with Gasteiger partial charge in [0.05, 0.1) is 11.1 Å². The van der Waals surface area contributed by atoms with Gasteiger partial charge in [-0.15, -0.1) is 0 Å². The Bertz CT molecular complexity index is 870. The van der Waals surface area contributed by atoms with Crippen molar-refractivity contribution in [2.75, 3.05) is 11.9 Å². The Morgan fingerprint density at radius 3 is 2.32 bits per heavy atom. The molecule has 0 saturated heterocycles. The minimum atomic E-state index is -4.46. The van der Waals surface area contributed by atoms with Crippen LogP contribution in [0.3, 0.4) is 0 Å². The lowest BCUT2D eigenvalue weighted by Gasteiger charge is -2.09. The lowest BCUT2D eigenvalue weighted by atomic mass is 10.0. The first-order valence-electron chi connectivity index (χ1n) is 7.74. The van der Waals surface area contributed by atoms with E-state index in [2.05, 4.69) is 5.32 Å².